The van der Waals surface area contributed by atoms with E-state index >= 15 is 0 Å². The number of anilines is 1. The van der Waals surface area contributed by atoms with Crippen molar-refractivity contribution in [2.24, 2.45) is 4.99 Å². The van der Waals surface area contributed by atoms with Crippen LogP contribution in [0.15, 0.2) is 77.8 Å². The molecular weight excluding hydrogens is 461 g/mol. The highest BCUT2D eigenvalue weighted by molar-refractivity contribution is 8.15. The summed E-state index contributed by atoms with van der Waals surface area (Å²) in [5.74, 6) is -0.888. The van der Waals surface area contributed by atoms with E-state index in [9.17, 15) is 14.0 Å². The van der Waals surface area contributed by atoms with Crippen LogP contribution in [0.3, 0.4) is 0 Å². The first-order valence-corrected chi connectivity index (χ1v) is 11.6. The molecule has 3 aromatic rings. The Bertz CT molecular complexity index is 1200. The third kappa shape index (κ3) is 5.80. The summed E-state index contributed by atoms with van der Waals surface area (Å²) in [6.07, 6.45) is 0.0331. The number of nitrogens with zero attached hydrogens (tertiary/aromatic N) is 2. The van der Waals surface area contributed by atoms with Gasteiger partial charge >= 0.3 is 0 Å². The van der Waals surface area contributed by atoms with Crippen LogP contribution < -0.4 is 5.32 Å². The van der Waals surface area contributed by atoms with Crippen LogP contribution in [0.4, 0.5) is 15.8 Å². The molecule has 0 unspecified atom stereocenters. The van der Waals surface area contributed by atoms with Gasteiger partial charge in [-0.05, 0) is 54.4 Å². The molecule has 4 rings (SSSR count). The van der Waals surface area contributed by atoms with Crippen molar-refractivity contribution >= 4 is 51.7 Å². The van der Waals surface area contributed by atoms with Crippen molar-refractivity contribution in [2.75, 3.05) is 5.32 Å². The van der Waals surface area contributed by atoms with E-state index in [1.54, 1.807) is 17.0 Å². The molecule has 8 heteroatoms. The molecule has 1 heterocycles. The number of thioether (sulfide) groups is 1. The summed E-state index contributed by atoms with van der Waals surface area (Å²) in [4.78, 5) is 32.2. The quantitative estimate of drug-likeness (QED) is 0.490. The van der Waals surface area contributed by atoms with Gasteiger partial charge in [0, 0.05) is 17.1 Å². The number of halogens is 2. The summed E-state index contributed by atoms with van der Waals surface area (Å²) in [5, 5.41) is 3.12. The minimum atomic E-state index is -0.663. The highest BCUT2D eigenvalue weighted by atomic mass is 35.5. The molecule has 2 amide bonds. The van der Waals surface area contributed by atoms with Gasteiger partial charge in [0.25, 0.3) is 0 Å². The van der Waals surface area contributed by atoms with E-state index in [0.29, 0.717) is 28.1 Å². The van der Waals surface area contributed by atoms with Crippen LogP contribution in [0.5, 0.6) is 0 Å². The van der Waals surface area contributed by atoms with Gasteiger partial charge in [0.05, 0.1) is 12.2 Å². The van der Waals surface area contributed by atoms with E-state index in [-0.39, 0.29) is 24.1 Å². The van der Waals surface area contributed by atoms with Crippen molar-refractivity contribution in [1.82, 2.24) is 4.90 Å². The predicted octanol–water partition coefficient (Wildman–Crippen LogP) is 5.95. The Morgan fingerprint density at radius 2 is 1.88 bits per heavy atom. The summed E-state index contributed by atoms with van der Waals surface area (Å²) in [7, 11) is 0. The Balaban J connectivity index is 1.59. The first-order valence-electron chi connectivity index (χ1n) is 10.3. The summed E-state index contributed by atoms with van der Waals surface area (Å²) < 4.78 is 13.3. The highest BCUT2D eigenvalue weighted by Gasteiger charge is 2.36. The molecule has 1 aliphatic heterocycles. The number of aliphatic imine (C=N–C) groups is 1. The predicted molar refractivity (Wildman–Crippen MR) is 131 cm³/mol. The van der Waals surface area contributed by atoms with Crippen molar-refractivity contribution in [1.29, 1.82) is 0 Å². The van der Waals surface area contributed by atoms with E-state index in [4.69, 9.17) is 11.6 Å². The summed E-state index contributed by atoms with van der Waals surface area (Å²) in [6.45, 7) is 2.21. The molecule has 3 aromatic carbocycles. The number of hydrogen-bond donors (Lipinski definition) is 1. The van der Waals surface area contributed by atoms with Gasteiger partial charge in [0.15, 0.2) is 5.17 Å². The minimum Gasteiger partial charge on any atom is -0.325 e. The number of benzene rings is 3. The maximum Gasteiger partial charge on any atom is 0.238 e. The van der Waals surface area contributed by atoms with Gasteiger partial charge in [-0.3, -0.25) is 14.5 Å². The summed E-state index contributed by atoms with van der Waals surface area (Å²) in [6, 6.07) is 20.5. The van der Waals surface area contributed by atoms with E-state index in [1.165, 1.54) is 36.0 Å². The molecular formula is C25H21ClFN3O2S. The second-order valence-corrected chi connectivity index (χ2v) is 9.18. The van der Waals surface area contributed by atoms with Crippen LogP contribution in [0.1, 0.15) is 17.5 Å². The van der Waals surface area contributed by atoms with Gasteiger partial charge in [-0.25, -0.2) is 9.38 Å². The van der Waals surface area contributed by atoms with E-state index in [1.807, 2.05) is 43.3 Å². The Morgan fingerprint density at radius 3 is 2.58 bits per heavy atom. The molecule has 0 bridgehead atoms. The third-order valence-electron chi connectivity index (χ3n) is 5.11. The van der Waals surface area contributed by atoms with Crippen LogP contribution in [-0.4, -0.2) is 27.1 Å². The Kier molecular flexibility index (Phi) is 7.11. The van der Waals surface area contributed by atoms with Gasteiger partial charge in [0.1, 0.15) is 11.1 Å². The minimum absolute atomic E-state index is 0.0331. The molecule has 1 saturated heterocycles. The SMILES string of the molecule is Cc1ccc(NC(=O)[C@H]2CC(=O)N(Cc3ccccc3)C(=Nc3ccc(F)cc3)S2)cc1Cl. The maximum atomic E-state index is 13.3. The average molecular weight is 482 g/mol. The number of carbonyl (C=O) groups is 2. The van der Waals surface area contributed by atoms with Gasteiger partial charge in [-0.15, -0.1) is 0 Å². The van der Waals surface area contributed by atoms with Crippen molar-refractivity contribution in [3.05, 3.63) is 94.8 Å². The molecule has 0 radical (unpaired) electrons. The second kappa shape index (κ2) is 10.2. The number of amides is 2. The lowest BCUT2D eigenvalue weighted by Gasteiger charge is -2.32. The zero-order valence-electron chi connectivity index (χ0n) is 17.8. The number of amidine groups is 1. The lowest BCUT2D eigenvalue weighted by Crippen LogP contribution is -2.44. The average Bonchev–Trinajstić information content (AvgIpc) is 2.80. The zero-order chi connectivity index (χ0) is 23.4. The molecule has 1 fully saturated rings. The van der Waals surface area contributed by atoms with Crippen molar-refractivity contribution in [3.63, 3.8) is 0 Å². The van der Waals surface area contributed by atoms with Crippen LogP contribution in [0, 0.1) is 12.7 Å². The normalized spacial score (nSPS) is 17.3. The largest absolute Gasteiger partial charge is 0.325 e. The van der Waals surface area contributed by atoms with Gasteiger partial charge in [-0.2, -0.15) is 0 Å². The van der Waals surface area contributed by atoms with Gasteiger partial charge < -0.3 is 5.32 Å². The number of hydrogen-bond acceptors (Lipinski definition) is 4. The van der Waals surface area contributed by atoms with E-state index in [2.05, 4.69) is 10.3 Å². The van der Waals surface area contributed by atoms with Crippen LogP contribution in [0.25, 0.3) is 0 Å². The fraction of sp³-hybridized carbons (Fsp3) is 0.160. The lowest BCUT2D eigenvalue weighted by molar-refractivity contribution is -0.129. The fourth-order valence-electron chi connectivity index (χ4n) is 3.28. The summed E-state index contributed by atoms with van der Waals surface area (Å²) >= 11 is 7.38. The zero-order valence-corrected chi connectivity index (χ0v) is 19.4. The Morgan fingerprint density at radius 1 is 1.15 bits per heavy atom. The van der Waals surface area contributed by atoms with Crippen LogP contribution in [-0.2, 0) is 16.1 Å². The highest BCUT2D eigenvalue weighted by Crippen LogP contribution is 2.31. The van der Waals surface area contributed by atoms with Crippen molar-refractivity contribution in [2.45, 2.75) is 25.1 Å². The smallest absolute Gasteiger partial charge is 0.238 e. The molecule has 0 saturated carbocycles. The van der Waals surface area contributed by atoms with E-state index in [0.717, 1.165) is 11.1 Å². The Labute approximate surface area is 200 Å². The van der Waals surface area contributed by atoms with Crippen molar-refractivity contribution < 1.29 is 14.0 Å². The maximum absolute atomic E-state index is 13.3. The number of carbonyl (C=O) groups excluding carboxylic acids is 2. The molecule has 0 spiro atoms. The first-order chi connectivity index (χ1) is 15.9. The first kappa shape index (κ1) is 23.0. The number of nitrogens with one attached hydrogen (secondary N) is 1. The standard InChI is InChI=1S/C25H21ClFN3O2S/c1-16-7-10-20(13-21(16)26)28-24(32)22-14-23(31)30(15-17-5-3-2-4-6-17)25(33-22)29-19-11-8-18(27)9-12-19/h2-13,22H,14-15H2,1H3,(H,28,32)/t22-/m1/s1. The second-order valence-electron chi connectivity index (χ2n) is 7.60. The van der Waals surface area contributed by atoms with E-state index < -0.39 is 5.25 Å². The van der Waals surface area contributed by atoms with Crippen LogP contribution >= 0.6 is 23.4 Å². The third-order valence-corrected chi connectivity index (χ3v) is 6.70. The Hall–Kier alpha value is -3.16. The lowest BCUT2D eigenvalue weighted by atomic mass is 10.2. The van der Waals surface area contributed by atoms with Crippen molar-refractivity contribution in [3.8, 4) is 0 Å². The topological polar surface area (TPSA) is 61.8 Å². The molecule has 33 heavy (non-hydrogen) atoms. The fourth-order valence-corrected chi connectivity index (χ4v) is 4.56. The molecule has 1 aliphatic rings. The molecule has 0 aliphatic carbocycles. The summed E-state index contributed by atoms with van der Waals surface area (Å²) in [5.41, 5.74) is 2.90. The molecule has 0 aromatic heterocycles. The van der Waals surface area contributed by atoms with Crippen LogP contribution in [0.2, 0.25) is 5.02 Å². The number of rotatable bonds is 5. The van der Waals surface area contributed by atoms with Gasteiger partial charge in [0.2, 0.25) is 11.8 Å². The molecule has 1 N–H and O–H groups in total. The van der Waals surface area contributed by atoms with Gasteiger partial charge in [-0.1, -0.05) is 59.8 Å². The molecule has 1 atom stereocenters. The molecule has 168 valence electrons. The number of aryl methyl sites for hydroxylation is 1. The monoisotopic (exact) mass is 481 g/mol. The molecule has 5 nitrogen and oxygen atoms in total.